The third-order valence-corrected chi connectivity index (χ3v) is 7.91. The van der Waals surface area contributed by atoms with Gasteiger partial charge in [-0.3, -0.25) is 4.98 Å². The Balaban J connectivity index is 0.000000330. The minimum absolute atomic E-state index is 0.0706. The zero-order valence-electron chi connectivity index (χ0n) is 21.0. The molecule has 3 heterocycles. The monoisotopic (exact) mass is 483 g/mol. The Morgan fingerprint density at radius 3 is 2.39 bits per heavy atom. The molecule has 1 saturated carbocycles. The highest BCUT2D eigenvalue weighted by Crippen LogP contribution is 2.67. The first-order valence-corrected chi connectivity index (χ1v) is 12.7. The average molecular weight is 484 g/mol. The molecule has 3 aromatic rings. The third kappa shape index (κ3) is 3.93. The number of nitriles is 1. The van der Waals surface area contributed by atoms with Crippen molar-refractivity contribution in [1.82, 2.24) is 9.88 Å². The van der Waals surface area contributed by atoms with E-state index in [1.54, 1.807) is 31.6 Å². The highest BCUT2D eigenvalue weighted by atomic mass is 16.5. The minimum atomic E-state index is -1.27. The van der Waals surface area contributed by atoms with Gasteiger partial charge in [-0.1, -0.05) is 48.9 Å². The first-order chi connectivity index (χ1) is 17.5. The maximum atomic E-state index is 12.2. The molecule has 0 spiro atoms. The quantitative estimate of drug-likeness (QED) is 0.557. The van der Waals surface area contributed by atoms with Gasteiger partial charge in [-0.15, -0.1) is 0 Å². The van der Waals surface area contributed by atoms with Crippen LogP contribution in [-0.2, 0) is 11.2 Å². The van der Waals surface area contributed by atoms with E-state index in [0.717, 1.165) is 17.5 Å². The number of aliphatic hydroxyl groups is 1. The lowest BCUT2D eigenvalue weighted by atomic mass is 9.71. The Kier molecular flexibility index (Phi) is 6.70. The number of benzene rings is 2. The van der Waals surface area contributed by atoms with Crippen molar-refractivity contribution in [3.63, 3.8) is 0 Å². The van der Waals surface area contributed by atoms with E-state index >= 15 is 0 Å². The summed E-state index contributed by atoms with van der Waals surface area (Å²) in [5.74, 6) is 0.991. The van der Waals surface area contributed by atoms with Crippen molar-refractivity contribution in [2.75, 3.05) is 27.2 Å². The second-order valence-corrected chi connectivity index (χ2v) is 9.97. The minimum Gasteiger partial charge on any atom is -0.495 e. The van der Waals surface area contributed by atoms with Gasteiger partial charge in [-0.05, 0) is 69.1 Å². The van der Waals surface area contributed by atoms with Crippen LogP contribution in [0.1, 0.15) is 60.3 Å². The van der Waals surface area contributed by atoms with Crippen LogP contribution in [0.2, 0.25) is 0 Å². The predicted molar refractivity (Wildman–Crippen MR) is 138 cm³/mol. The van der Waals surface area contributed by atoms with Gasteiger partial charge in [-0.2, -0.15) is 5.26 Å². The molecule has 0 radical (unpaired) electrons. The fraction of sp³-hybridized carbons (Fsp3) is 0.400. The van der Waals surface area contributed by atoms with Crippen molar-refractivity contribution < 1.29 is 14.6 Å². The molecule has 6 heteroatoms. The number of methoxy groups -OCH3 is 1. The van der Waals surface area contributed by atoms with Crippen LogP contribution in [0, 0.1) is 11.3 Å². The van der Waals surface area contributed by atoms with E-state index in [4.69, 9.17) is 9.47 Å². The summed E-state index contributed by atoms with van der Waals surface area (Å²) >= 11 is 0. The van der Waals surface area contributed by atoms with Crippen LogP contribution in [0.25, 0.3) is 0 Å². The van der Waals surface area contributed by atoms with Crippen molar-refractivity contribution in [3.05, 3.63) is 89.2 Å². The lowest BCUT2D eigenvalue weighted by molar-refractivity contribution is -0.106. The van der Waals surface area contributed by atoms with Gasteiger partial charge in [0.2, 0.25) is 0 Å². The van der Waals surface area contributed by atoms with E-state index in [-0.39, 0.29) is 5.92 Å². The molecule has 2 fully saturated rings. The largest absolute Gasteiger partial charge is 0.495 e. The molecular weight excluding hydrogens is 450 g/mol. The summed E-state index contributed by atoms with van der Waals surface area (Å²) in [5, 5.41) is 21.4. The molecule has 6 nitrogen and oxygen atoms in total. The molecule has 2 aromatic carbocycles. The van der Waals surface area contributed by atoms with Gasteiger partial charge in [0.15, 0.2) is 5.60 Å². The van der Waals surface area contributed by atoms with Gasteiger partial charge < -0.3 is 19.5 Å². The Morgan fingerprint density at radius 2 is 1.78 bits per heavy atom. The molecule has 2 aliphatic heterocycles. The Bertz CT molecular complexity index is 1230. The Hall–Kier alpha value is -3.40. The summed E-state index contributed by atoms with van der Waals surface area (Å²) in [5.41, 5.74) is 0.860. The molecule has 36 heavy (non-hydrogen) atoms. The molecular formula is C30H33N3O3. The van der Waals surface area contributed by atoms with Crippen molar-refractivity contribution in [3.8, 4) is 17.6 Å². The van der Waals surface area contributed by atoms with Crippen molar-refractivity contribution >= 4 is 0 Å². The van der Waals surface area contributed by atoms with Crippen LogP contribution in [-0.4, -0.2) is 42.2 Å². The fourth-order valence-electron chi connectivity index (χ4n) is 6.16. The number of piperidine rings is 1. The van der Waals surface area contributed by atoms with Crippen molar-refractivity contribution in [2.45, 2.75) is 49.2 Å². The standard InChI is InChI=1S/C24H20N2O3.C6H13N/c1-28-20-14-26-15-21-22(20)23(27)12-11-19(17-5-3-2-4-6-17)24(23,29-21)18-9-7-16(13-25)8-10-18;1-7-5-3-2-4-6-7/h2-10,14-15,19,27H,11-12H2,1H3;2-6H2,1H3. The number of hydrogen-bond donors (Lipinski definition) is 1. The van der Waals surface area contributed by atoms with Gasteiger partial charge in [0.25, 0.3) is 0 Å². The zero-order chi connectivity index (χ0) is 25.2. The molecule has 1 aliphatic carbocycles. The smallest absolute Gasteiger partial charge is 0.174 e. The first kappa shape index (κ1) is 24.3. The predicted octanol–water partition coefficient (Wildman–Crippen LogP) is 5.12. The zero-order valence-corrected chi connectivity index (χ0v) is 21.0. The van der Waals surface area contributed by atoms with E-state index in [0.29, 0.717) is 29.0 Å². The van der Waals surface area contributed by atoms with Gasteiger partial charge in [0.1, 0.15) is 17.1 Å². The average Bonchev–Trinajstić information content (AvgIpc) is 3.37. The van der Waals surface area contributed by atoms with E-state index in [1.807, 2.05) is 30.3 Å². The summed E-state index contributed by atoms with van der Waals surface area (Å²) in [7, 11) is 3.77. The number of fused-ring (bicyclic) bond motifs is 3. The number of rotatable bonds is 3. The normalized spacial score (nSPS) is 26.6. The summed E-state index contributed by atoms with van der Waals surface area (Å²) in [6, 6.07) is 19.6. The number of aromatic nitrogens is 1. The number of hydrogen-bond acceptors (Lipinski definition) is 6. The van der Waals surface area contributed by atoms with Crippen molar-refractivity contribution in [1.29, 1.82) is 5.26 Å². The molecule has 0 amide bonds. The number of nitrogens with zero attached hydrogens (tertiary/aromatic N) is 3. The van der Waals surface area contributed by atoms with Crippen LogP contribution >= 0.6 is 0 Å². The number of likely N-dealkylation sites (tertiary alicyclic amines) is 1. The molecule has 1 N–H and O–H groups in total. The maximum absolute atomic E-state index is 12.2. The second-order valence-electron chi connectivity index (χ2n) is 9.97. The van der Waals surface area contributed by atoms with Gasteiger partial charge in [0, 0.05) is 5.92 Å². The lowest BCUT2D eigenvalue weighted by Crippen LogP contribution is -2.48. The number of ether oxygens (including phenoxy) is 2. The highest BCUT2D eigenvalue weighted by molar-refractivity contribution is 5.57. The Labute approximate surface area is 213 Å². The SMILES string of the molecule is CN1CCCCC1.COc1cncc2c1C1(O)CCC(c3ccccc3)C1(c1ccc(C#N)cc1)O2. The molecule has 1 aromatic heterocycles. The van der Waals surface area contributed by atoms with Gasteiger partial charge in [-0.25, -0.2) is 0 Å². The fourth-order valence-corrected chi connectivity index (χ4v) is 6.16. The van der Waals surface area contributed by atoms with Crippen LogP contribution in [0.15, 0.2) is 67.0 Å². The van der Waals surface area contributed by atoms with E-state index in [2.05, 4.69) is 35.1 Å². The first-order valence-electron chi connectivity index (χ1n) is 12.7. The summed E-state index contributed by atoms with van der Waals surface area (Å²) in [4.78, 5) is 6.62. The molecule has 3 unspecified atom stereocenters. The second kappa shape index (κ2) is 9.93. The van der Waals surface area contributed by atoms with Crippen LogP contribution in [0.5, 0.6) is 11.5 Å². The van der Waals surface area contributed by atoms with Crippen LogP contribution in [0.4, 0.5) is 0 Å². The van der Waals surface area contributed by atoms with Crippen LogP contribution < -0.4 is 9.47 Å². The summed E-state index contributed by atoms with van der Waals surface area (Å²) < 4.78 is 12.2. The number of pyridine rings is 1. The van der Waals surface area contributed by atoms with Crippen molar-refractivity contribution in [2.24, 2.45) is 0 Å². The van der Waals surface area contributed by atoms with E-state index in [9.17, 15) is 10.4 Å². The van der Waals surface area contributed by atoms with Gasteiger partial charge >= 0.3 is 0 Å². The summed E-state index contributed by atoms with van der Waals surface area (Å²) in [6.45, 7) is 2.64. The molecule has 186 valence electrons. The van der Waals surface area contributed by atoms with Gasteiger partial charge in [0.05, 0.1) is 36.7 Å². The van der Waals surface area contributed by atoms with E-state index in [1.165, 1.54) is 32.4 Å². The topological polar surface area (TPSA) is 78.6 Å². The molecule has 1 saturated heterocycles. The molecule has 3 aliphatic rings. The maximum Gasteiger partial charge on any atom is 0.174 e. The lowest BCUT2D eigenvalue weighted by Gasteiger charge is -2.40. The highest BCUT2D eigenvalue weighted by Gasteiger charge is 2.69. The molecule has 3 atom stereocenters. The Morgan fingerprint density at radius 1 is 1.06 bits per heavy atom. The molecule has 6 rings (SSSR count). The van der Waals surface area contributed by atoms with Crippen LogP contribution in [0.3, 0.4) is 0 Å². The summed E-state index contributed by atoms with van der Waals surface area (Å²) in [6.07, 6.45) is 8.81. The third-order valence-electron chi connectivity index (χ3n) is 7.91. The van der Waals surface area contributed by atoms with E-state index < -0.39 is 11.2 Å². The molecule has 0 bridgehead atoms.